The van der Waals surface area contributed by atoms with Crippen LogP contribution in [0, 0.1) is 0 Å². The van der Waals surface area contributed by atoms with Crippen molar-refractivity contribution in [2.24, 2.45) is 0 Å². The van der Waals surface area contributed by atoms with Crippen molar-refractivity contribution in [1.29, 1.82) is 0 Å². The zero-order chi connectivity index (χ0) is 15.0. The van der Waals surface area contributed by atoms with Gasteiger partial charge in [0.05, 0.1) is 4.90 Å². The molecular formula is C13H13NO4S3. The lowest BCUT2D eigenvalue weighted by atomic mass is 10.2. The number of carbonyl (C=O) groups is 1. The van der Waals surface area contributed by atoms with Gasteiger partial charge in [0.25, 0.3) is 0 Å². The van der Waals surface area contributed by atoms with E-state index >= 15 is 0 Å². The lowest BCUT2D eigenvalue weighted by Gasteiger charge is -2.03. The fourth-order valence-corrected chi connectivity index (χ4v) is 5.71. The molecule has 0 bridgehead atoms. The summed E-state index contributed by atoms with van der Waals surface area (Å²) in [5, 5.41) is 10.2. The molecule has 2 N–H and O–H groups in total. The monoisotopic (exact) mass is 343 g/mol. The molecule has 0 radical (unpaired) electrons. The van der Waals surface area contributed by atoms with Crippen LogP contribution in [0.25, 0.3) is 0 Å². The maximum absolute atomic E-state index is 12.1. The highest BCUT2D eigenvalue weighted by atomic mass is 32.2. The molecule has 0 spiro atoms. The third kappa shape index (κ3) is 3.03. The molecule has 1 aliphatic rings. The number of hydrogen-bond acceptors (Lipinski definition) is 5. The number of carboxylic acid groups (broad SMARTS) is 1. The van der Waals surface area contributed by atoms with E-state index in [2.05, 4.69) is 10.8 Å². The van der Waals surface area contributed by atoms with E-state index in [0.717, 1.165) is 29.1 Å². The van der Waals surface area contributed by atoms with Gasteiger partial charge in [-0.3, -0.25) is 0 Å². The van der Waals surface area contributed by atoms with E-state index in [1.165, 1.54) is 28.3 Å². The first-order valence-corrected chi connectivity index (χ1v) is 9.55. The maximum Gasteiger partial charge on any atom is 0.345 e. The van der Waals surface area contributed by atoms with Gasteiger partial charge in [0.1, 0.15) is 4.88 Å². The number of rotatable bonds is 5. The fourth-order valence-electron chi connectivity index (χ4n) is 2.30. The van der Waals surface area contributed by atoms with Crippen LogP contribution in [-0.4, -0.2) is 19.5 Å². The minimum absolute atomic E-state index is 0.00833. The molecule has 3 rings (SSSR count). The third-order valence-electron chi connectivity index (χ3n) is 3.33. The summed E-state index contributed by atoms with van der Waals surface area (Å²) in [6.07, 6.45) is 3.34. The molecule has 5 nitrogen and oxygen atoms in total. The van der Waals surface area contributed by atoms with Crippen molar-refractivity contribution < 1.29 is 18.3 Å². The maximum atomic E-state index is 12.1. The molecule has 112 valence electrons. The van der Waals surface area contributed by atoms with Crippen molar-refractivity contribution in [1.82, 2.24) is 4.72 Å². The minimum Gasteiger partial charge on any atom is -0.477 e. The molecular weight excluding hydrogens is 330 g/mol. The summed E-state index contributed by atoms with van der Waals surface area (Å²) in [6, 6.07) is 3.25. The molecule has 0 unspecified atom stereocenters. The van der Waals surface area contributed by atoms with Crippen molar-refractivity contribution in [2.45, 2.75) is 30.7 Å². The Kier molecular flexibility index (Phi) is 3.87. The molecule has 1 aliphatic carbocycles. The van der Waals surface area contributed by atoms with Crippen LogP contribution in [0.4, 0.5) is 0 Å². The topological polar surface area (TPSA) is 83.5 Å². The van der Waals surface area contributed by atoms with E-state index in [0.29, 0.717) is 0 Å². The molecule has 2 aromatic heterocycles. The summed E-state index contributed by atoms with van der Waals surface area (Å²) in [6.45, 7) is 0.248. The molecule has 8 heteroatoms. The van der Waals surface area contributed by atoms with Crippen LogP contribution in [0.15, 0.2) is 22.4 Å². The number of nitrogens with one attached hydrogen (secondary N) is 1. The van der Waals surface area contributed by atoms with Gasteiger partial charge in [-0.25, -0.2) is 17.9 Å². The molecule has 21 heavy (non-hydrogen) atoms. The predicted octanol–water partition coefficient (Wildman–Crippen LogP) is 2.48. The Balaban J connectivity index is 1.71. The summed E-state index contributed by atoms with van der Waals surface area (Å²) in [7, 11) is -3.66. The Bertz CT molecular complexity index is 767. The molecule has 0 aliphatic heterocycles. The third-order valence-corrected chi connectivity index (χ3v) is 7.02. The Morgan fingerprint density at radius 2 is 2.14 bits per heavy atom. The summed E-state index contributed by atoms with van der Waals surface area (Å²) in [4.78, 5) is 13.2. The van der Waals surface area contributed by atoms with E-state index < -0.39 is 16.0 Å². The first-order chi connectivity index (χ1) is 9.95. The van der Waals surface area contributed by atoms with Gasteiger partial charge >= 0.3 is 5.97 Å². The lowest BCUT2D eigenvalue weighted by molar-refractivity contribution is 0.0702. The van der Waals surface area contributed by atoms with Gasteiger partial charge in [-0.1, -0.05) is 0 Å². The quantitative estimate of drug-likeness (QED) is 0.873. The lowest BCUT2D eigenvalue weighted by Crippen LogP contribution is -2.22. The molecule has 0 atom stereocenters. The van der Waals surface area contributed by atoms with E-state index in [9.17, 15) is 13.2 Å². The highest BCUT2D eigenvalue weighted by Crippen LogP contribution is 2.30. The van der Waals surface area contributed by atoms with Gasteiger partial charge in [0, 0.05) is 21.7 Å². The van der Waals surface area contributed by atoms with Gasteiger partial charge < -0.3 is 5.11 Å². The Morgan fingerprint density at radius 1 is 1.33 bits per heavy atom. The number of fused-ring (bicyclic) bond motifs is 1. The largest absolute Gasteiger partial charge is 0.477 e. The highest BCUT2D eigenvalue weighted by molar-refractivity contribution is 7.89. The van der Waals surface area contributed by atoms with E-state index in [-0.39, 0.29) is 16.3 Å². The summed E-state index contributed by atoms with van der Waals surface area (Å²) in [5.74, 6) is -1.11. The van der Waals surface area contributed by atoms with Crippen LogP contribution in [0.5, 0.6) is 0 Å². The Morgan fingerprint density at radius 3 is 2.81 bits per heavy atom. The predicted molar refractivity (Wildman–Crippen MR) is 81.6 cm³/mol. The van der Waals surface area contributed by atoms with Crippen molar-refractivity contribution in [3.63, 3.8) is 0 Å². The first kappa shape index (κ1) is 14.7. The first-order valence-electron chi connectivity index (χ1n) is 6.37. The zero-order valence-electron chi connectivity index (χ0n) is 11.0. The van der Waals surface area contributed by atoms with Crippen molar-refractivity contribution in [2.75, 3.05) is 0 Å². The van der Waals surface area contributed by atoms with Gasteiger partial charge in [-0.15, -0.1) is 22.7 Å². The molecule has 0 saturated heterocycles. The standard InChI is InChI=1S/C13H13NO4S3/c15-13(16)12-5-10(7-19-12)21(17,18)14-6-9-4-8-2-1-3-11(8)20-9/h4-5,7,14H,1-3,6H2,(H,15,16). The number of hydrogen-bond donors (Lipinski definition) is 2. The molecule has 0 aromatic carbocycles. The number of carboxylic acids is 1. The van der Waals surface area contributed by atoms with Crippen molar-refractivity contribution in [3.05, 3.63) is 37.7 Å². The second kappa shape index (κ2) is 5.53. The summed E-state index contributed by atoms with van der Waals surface area (Å²) in [5.41, 5.74) is 1.33. The zero-order valence-corrected chi connectivity index (χ0v) is 13.4. The second-order valence-electron chi connectivity index (χ2n) is 4.79. The number of thiophene rings is 2. The van der Waals surface area contributed by atoms with Crippen molar-refractivity contribution >= 4 is 38.7 Å². The second-order valence-corrected chi connectivity index (χ2v) is 8.69. The van der Waals surface area contributed by atoms with Crippen LogP contribution in [0.2, 0.25) is 0 Å². The van der Waals surface area contributed by atoms with E-state index in [1.807, 2.05) is 0 Å². The van der Waals surface area contributed by atoms with Crippen LogP contribution >= 0.6 is 22.7 Å². The molecule has 0 saturated carbocycles. The molecule has 0 amide bonds. The van der Waals surface area contributed by atoms with Crippen LogP contribution in [0.1, 0.15) is 31.4 Å². The SMILES string of the molecule is O=C(O)c1cc(S(=O)(=O)NCc2cc3c(s2)CCC3)cs1. The van der Waals surface area contributed by atoms with Gasteiger partial charge in [0.2, 0.25) is 10.0 Å². The van der Waals surface area contributed by atoms with Crippen LogP contribution in [-0.2, 0) is 29.4 Å². The summed E-state index contributed by atoms with van der Waals surface area (Å²) >= 11 is 2.56. The highest BCUT2D eigenvalue weighted by Gasteiger charge is 2.20. The van der Waals surface area contributed by atoms with Gasteiger partial charge in [-0.2, -0.15) is 0 Å². The summed E-state index contributed by atoms with van der Waals surface area (Å²) < 4.78 is 26.8. The molecule has 2 aromatic rings. The Labute approximate surface area is 130 Å². The van der Waals surface area contributed by atoms with E-state index in [1.54, 1.807) is 11.3 Å². The van der Waals surface area contributed by atoms with Crippen LogP contribution < -0.4 is 4.72 Å². The normalized spacial score (nSPS) is 14.3. The van der Waals surface area contributed by atoms with Gasteiger partial charge in [0.15, 0.2) is 0 Å². The Hall–Kier alpha value is -1.22. The average Bonchev–Trinajstić information content (AvgIpc) is 3.11. The number of sulfonamides is 1. The molecule has 0 fully saturated rings. The number of aromatic carboxylic acids is 1. The smallest absolute Gasteiger partial charge is 0.345 e. The minimum atomic E-state index is -3.66. The van der Waals surface area contributed by atoms with Gasteiger partial charge in [-0.05, 0) is 37.0 Å². The van der Waals surface area contributed by atoms with Crippen LogP contribution in [0.3, 0.4) is 0 Å². The average molecular weight is 343 g/mol. The number of aryl methyl sites for hydroxylation is 2. The van der Waals surface area contributed by atoms with E-state index in [4.69, 9.17) is 5.11 Å². The fraction of sp³-hybridized carbons (Fsp3) is 0.308. The molecule has 2 heterocycles. The van der Waals surface area contributed by atoms with Crippen molar-refractivity contribution in [3.8, 4) is 0 Å².